The second kappa shape index (κ2) is 6.99. The van der Waals surface area contributed by atoms with E-state index in [4.69, 9.17) is 4.74 Å². The van der Waals surface area contributed by atoms with Crippen molar-refractivity contribution in [2.24, 2.45) is 0 Å². The van der Waals surface area contributed by atoms with Crippen molar-refractivity contribution < 1.29 is 31.8 Å². The minimum Gasteiger partial charge on any atom is -0.450 e. The van der Waals surface area contributed by atoms with Crippen LogP contribution in [0.1, 0.15) is 47.1 Å². The van der Waals surface area contributed by atoms with Gasteiger partial charge in [-0.1, -0.05) is 18.1 Å². The Hall–Kier alpha value is -3.22. The molecule has 0 spiro atoms. The molecule has 1 aliphatic rings. The second-order valence-electron chi connectivity index (χ2n) is 7.32. The molecule has 0 atom stereocenters. The molecule has 3 rings (SSSR count). The third-order valence-electron chi connectivity index (χ3n) is 3.78. The summed E-state index contributed by atoms with van der Waals surface area (Å²) in [5.41, 5.74) is -0.106. The second-order valence-corrected chi connectivity index (χ2v) is 8.88. The van der Waals surface area contributed by atoms with E-state index < -0.39 is 33.5 Å². The van der Waals surface area contributed by atoms with Gasteiger partial charge in [-0.25, -0.2) is 4.79 Å². The summed E-state index contributed by atoms with van der Waals surface area (Å²) in [6.45, 7) is 5.16. The van der Waals surface area contributed by atoms with Crippen molar-refractivity contribution in [1.82, 2.24) is 5.06 Å². The first-order chi connectivity index (χ1) is 13.4. The van der Waals surface area contributed by atoms with Crippen molar-refractivity contribution in [2.45, 2.75) is 26.4 Å². The zero-order chi connectivity index (χ0) is 21.6. The van der Waals surface area contributed by atoms with Crippen molar-refractivity contribution in [2.75, 3.05) is 6.26 Å². The number of hydrogen-bond acceptors (Lipinski definition) is 7. The van der Waals surface area contributed by atoms with Gasteiger partial charge in [0, 0.05) is 16.9 Å². The van der Waals surface area contributed by atoms with Crippen molar-refractivity contribution in [3.8, 4) is 11.8 Å². The molecule has 0 bridgehead atoms. The molecule has 150 valence electrons. The van der Waals surface area contributed by atoms with Gasteiger partial charge in [0.2, 0.25) is 0 Å². The van der Waals surface area contributed by atoms with E-state index in [0.29, 0.717) is 16.3 Å². The van der Waals surface area contributed by atoms with E-state index in [1.54, 1.807) is 32.9 Å². The Labute approximate surface area is 167 Å². The lowest BCUT2D eigenvalue weighted by atomic mass is 9.92. The van der Waals surface area contributed by atoms with Crippen molar-refractivity contribution in [3.05, 3.63) is 47.0 Å². The summed E-state index contributed by atoms with van der Waals surface area (Å²) < 4.78 is 32.5. The third-order valence-corrected chi connectivity index (χ3v) is 4.20. The van der Waals surface area contributed by atoms with E-state index in [1.807, 2.05) is 0 Å². The number of hydrogen-bond donors (Lipinski definition) is 0. The van der Waals surface area contributed by atoms with Gasteiger partial charge in [0.15, 0.2) is 0 Å². The summed E-state index contributed by atoms with van der Waals surface area (Å²) >= 11 is 0. The van der Waals surface area contributed by atoms with Crippen LogP contribution >= 0.6 is 0 Å². The molecule has 0 aromatic heterocycles. The van der Waals surface area contributed by atoms with Gasteiger partial charge < -0.3 is 4.74 Å². The van der Waals surface area contributed by atoms with Gasteiger partial charge in [0.05, 0.1) is 17.4 Å². The van der Waals surface area contributed by atoms with E-state index in [-0.39, 0.29) is 16.2 Å². The molecule has 29 heavy (non-hydrogen) atoms. The van der Waals surface area contributed by atoms with Crippen LogP contribution in [0.2, 0.25) is 0 Å². The predicted octanol–water partition coefficient (Wildman–Crippen LogP) is 2.02. The van der Waals surface area contributed by atoms with Crippen LogP contribution in [-0.2, 0) is 23.9 Å². The van der Waals surface area contributed by atoms with Crippen LogP contribution in [0, 0.1) is 11.8 Å². The van der Waals surface area contributed by atoms with Crippen LogP contribution in [0.3, 0.4) is 0 Å². The topological polar surface area (TPSA) is 107 Å². The normalized spacial score (nSPS) is 13.9. The van der Waals surface area contributed by atoms with Crippen LogP contribution in [0.25, 0.3) is 10.8 Å². The fourth-order valence-corrected chi connectivity index (χ4v) is 3.21. The molecule has 8 nitrogen and oxygen atoms in total. The van der Waals surface area contributed by atoms with Crippen LogP contribution < -0.4 is 0 Å². The van der Waals surface area contributed by atoms with Gasteiger partial charge in [-0.05, 0) is 44.4 Å². The fourth-order valence-electron chi connectivity index (χ4n) is 2.81. The zero-order valence-corrected chi connectivity index (χ0v) is 16.9. The van der Waals surface area contributed by atoms with Crippen LogP contribution in [0.5, 0.6) is 0 Å². The number of benzene rings is 2. The number of carbonyl (C=O) groups excluding carboxylic acids is 3. The number of ether oxygens (including phenoxy) is 1. The molecule has 1 aliphatic heterocycles. The highest BCUT2D eigenvalue weighted by Gasteiger charge is 2.36. The number of carbonyl (C=O) groups is 3. The molecule has 2 aromatic rings. The Bertz CT molecular complexity index is 1200. The molecular weight excluding hydrogens is 398 g/mol. The highest BCUT2D eigenvalue weighted by Crippen LogP contribution is 2.32. The summed E-state index contributed by atoms with van der Waals surface area (Å²) in [6.07, 6.45) is 0.735. The summed E-state index contributed by atoms with van der Waals surface area (Å²) in [4.78, 5) is 37.1. The van der Waals surface area contributed by atoms with Crippen LogP contribution in [0.4, 0.5) is 0 Å². The Morgan fingerprint density at radius 2 is 1.66 bits per heavy atom. The third kappa shape index (κ3) is 4.29. The Morgan fingerprint density at radius 1 is 1.03 bits per heavy atom. The summed E-state index contributed by atoms with van der Waals surface area (Å²) in [7, 11) is -4.09. The Kier molecular flexibility index (Phi) is 4.94. The molecule has 0 fully saturated rings. The number of nitrogens with zero attached hydrogens (tertiary/aromatic N) is 1. The molecular formula is C20H17NO7S. The van der Waals surface area contributed by atoms with Gasteiger partial charge in [-0.15, -0.1) is 9.35 Å². The van der Waals surface area contributed by atoms with Gasteiger partial charge in [-0.2, -0.15) is 8.42 Å². The monoisotopic (exact) mass is 415 g/mol. The smallest absolute Gasteiger partial charge is 0.385 e. The molecule has 0 N–H and O–H groups in total. The molecule has 0 saturated heterocycles. The Morgan fingerprint density at radius 3 is 2.24 bits per heavy atom. The van der Waals surface area contributed by atoms with Gasteiger partial charge in [-0.3, -0.25) is 9.59 Å². The summed E-state index contributed by atoms with van der Waals surface area (Å²) in [5.74, 6) is 2.57. The molecule has 2 amide bonds. The van der Waals surface area contributed by atoms with Crippen molar-refractivity contribution in [3.63, 3.8) is 0 Å². The van der Waals surface area contributed by atoms with E-state index in [9.17, 15) is 22.8 Å². The maximum absolute atomic E-state index is 12.6. The zero-order valence-electron chi connectivity index (χ0n) is 16.1. The molecule has 9 heteroatoms. The molecule has 0 radical (unpaired) electrons. The first-order valence-corrected chi connectivity index (χ1v) is 10.3. The first-order valence-electron chi connectivity index (χ1n) is 8.46. The highest BCUT2D eigenvalue weighted by atomic mass is 32.2. The maximum atomic E-state index is 12.6. The SMILES string of the molecule is CC(C)(C)OC(=O)C#Cc1ccc2c3c(cccc13)C(=O)N(OS(C)(=O)=O)C2=O. The molecule has 1 heterocycles. The maximum Gasteiger partial charge on any atom is 0.385 e. The fraction of sp³-hybridized carbons (Fsp3) is 0.250. The van der Waals surface area contributed by atoms with E-state index >= 15 is 0 Å². The lowest BCUT2D eigenvalue weighted by Crippen LogP contribution is -2.41. The number of rotatable bonds is 2. The van der Waals surface area contributed by atoms with Crippen molar-refractivity contribution >= 4 is 38.7 Å². The quantitative estimate of drug-likeness (QED) is 0.420. The average molecular weight is 415 g/mol. The van der Waals surface area contributed by atoms with Gasteiger partial charge in [0.1, 0.15) is 5.60 Å². The number of esters is 1. The summed E-state index contributed by atoms with van der Waals surface area (Å²) in [6, 6.07) is 7.56. The Balaban J connectivity index is 2.10. The highest BCUT2D eigenvalue weighted by molar-refractivity contribution is 7.85. The van der Waals surface area contributed by atoms with Gasteiger partial charge in [0.25, 0.3) is 21.9 Å². The lowest BCUT2D eigenvalue weighted by Gasteiger charge is -2.25. The molecule has 0 saturated carbocycles. The average Bonchev–Trinajstić information content (AvgIpc) is 2.59. The predicted molar refractivity (Wildman–Crippen MR) is 103 cm³/mol. The minimum absolute atomic E-state index is 0.0849. The van der Waals surface area contributed by atoms with Crippen LogP contribution in [-0.4, -0.2) is 43.1 Å². The van der Waals surface area contributed by atoms with Crippen molar-refractivity contribution in [1.29, 1.82) is 0 Å². The van der Waals surface area contributed by atoms with E-state index in [1.165, 1.54) is 18.2 Å². The minimum atomic E-state index is -4.09. The molecule has 0 unspecified atom stereocenters. The molecule has 0 aliphatic carbocycles. The first kappa shape index (κ1) is 20.5. The standard InChI is InChI=1S/C20H17NO7S/c1-20(2,3)27-16(22)11-9-12-8-10-15-17-13(12)6-5-7-14(17)18(23)21(19(15)24)28-29(4,25)26/h5-8,10H,1-4H3. The van der Waals surface area contributed by atoms with Crippen LogP contribution in [0.15, 0.2) is 30.3 Å². The lowest BCUT2D eigenvalue weighted by molar-refractivity contribution is -0.147. The largest absolute Gasteiger partial charge is 0.450 e. The number of hydroxylamine groups is 2. The van der Waals surface area contributed by atoms with E-state index in [2.05, 4.69) is 16.1 Å². The van der Waals surface area contributed by atoms with E-state index in [0.717, 1.165) is 6.26 Å². The number of imide groups is 1. The van der Waals surface area contributed by atoms with Gasteiger partial charge >= 0.3 is 5.97 Å². The molecule has 2 aromatic carbocycles. The number of amides is 2. The summed E-state index contributed by atoms with van der Waals surface area (Å²) in [5, 5.41) is 1.00.